The Hall–Kier alpha value is -1.85. The van der Waals surface area contributed by atoms with Gasteiger partial charge in [0.25, 0.3) is 5.91 Å². The predicted octanol–water partition coefficient (Wildman–Crippen LogP) is 2.43. The first-order valence-corrected chi connectivity index (χ1v) is 8.23. The van der Waals surface area contributed by atoms with Crippen molar-refractivity contribution in [2.24, 2.45) is 0 Å². The van der Waals surface area contributed by atoms with Crippen LogP contribution >= 0.6 is 12.4 Å². The van der Waals surface area contributed by atoms with E-state index in [4.69, 9.17) is 0 Å². The number of likely N-dealkylation sites (N-methyl/N-ethyl adjacent to an activating group) is 1. The van der Waals surface area contributed by atoms with Gasteiger partial charge in [0.1, 0.15) is 0 Å². The van der Waals surface area contributed by atoms with Gasteiger partial charge in [-0.15, -0.1) is 12.4 Å². The Morgan fingerprint density at radius 2 is 2.00 bits per heavy atom. The van der Waals surface area contributed by atoms with Crippen LogP contribution in [-0.4, -0.2) is 35.3 Å². The van der Waals surface area contributed by atoms with E-state index in [0.29, 0.717) is 12.2 Å². The number of aromatic nitrogens is 2. The molecule has 0 saturated carbocycles. The van der Waals surface area contributed by atoms with E-state index >= 15 is 0 Å². The number of nitrogens with zero attached hydrogens (tertiary/aromatic N) is 2. The van der Waals surface area contributed by atoms with E-state index in [9.17, 15) is 4.79 Å². The molecule has 6 heteroatoms. The van der Waals surface area contributed by atoms with Crippen molar-refractivity contribution in [1.82, 2.24) is 20.4 Å². The number of carbonyl (C=O) groups is 1. The van der Waals surface area contributed by atoms with Gasteiger partial charge in [0.05, 0.1) is 5.69 Å². The van der Waals surface area contributed by atoms with Crippen molar-refractivity contribution in [1.29, 1.82) is 0 Å². The van der Waals surface area contributed by atoms with Crippen LogP contribution in [0.3, 0.4) is 0 Å². The van der Waals surface area contributed by atoms with E-state index in [1.165, 1.54) is 11.3 Å². The van der Waals surface area contributed by atoms with Gasteiger partial charge in [-0.25, -0.2) is 4.68 Å². The van der Waals surface area contributed by atoms with Gasteiger partial charge in [-0.05, 0) is 52.3 Å². The molecule has 1 aromatic heterocycles. The molecule has 0 radical (unpaired) electrons. The number of amides is 1. The first kappa shape index (κ1) is 18.5. The fourth-order valence-corrected chi connectivity index (χ4v) is 2.95. The maximum atomic E-state index is 12.5. The van der Waals surface area contributed by atoms with E-state index in [-0.39, 0.29) is 24.4 Å². The normalized spacial score (nSPS) is 14.0. The Morgan fingerprint density at radius 3 is 2.67 bits per heavy atom. The molecular weight excluding hydrogens is 324 g/mol. The lowest BCUT2D eigenvalue weighted by Crippen LogP contribution is -2.37. The molecule has 1 heterocycles. The standard InChI is InChI=1S/C18H24N4O.ClH/c1-12-7-9-14(10-8-12)22-16-6-4-5-15(16)17(21-22)18(23)20-11-13(2)19-3;/h7-10,13,19H,4-6,11H2,1-3H3,(H,20,23);1H. The van der Waals surface area contributed by atoms with Gasteiger partial charge in [0.15, 0.2) is 5.69 Å². The van der Waals surface area contributed by atoms with Crippen LogP contribution in [0.2, 0.25) is 0 Å². The summed E-state index contributed by atoms with van der Waals surface area (Å²) in [4.78, 5) is 12.5. The summed E-state index contributed by atoms with van der Waals surface area (Å²) in [6, 6.07) is 8.52. The van der Waals surface area contributed by atoms with Crippen LogP contribution in [0.25, 0.3) is 5.69 Å². The third-order valence-corrected chi connectivity index (χ3v) is 4.49. The molecule has 0 bridgehead atoms. The third-order valence-electron chi connectivity index (χ3n) is 4.49. The fraction of sp³-hybridized carbons (Fsp3) is 0.444. The van der Waals surface area contributed by atoms with Crippen molar-refractivity contribution in [2.75, 3.05) is 13.6 Å². The minimum Gasteiger partial charge on any atom is -0.349 e. The Labute approximate surface area is 149 Å². The Bertz CT molecular complexity index is 709. The second-order valence-electron chi connectivity index (χ2n) is 6.27. The van der Waals surface area contributed by atoms with E-state index in [0.717, 1.165) is 30.5 Å². The second-order valence-corrected chi connectivity index (χ2v) is 6.27. The molecule has 24 heavy (non-hydrogen) atoms. The second kappa shape index (κ2) is 7.81. The highest BCUT2D eigenvalue weighted by Gasteiger charge is 2.26. The van der Waals surface area contributed by atoms with Gasteiger partial charge < -0.3 is 10.6 Å². The molecule has 1 aliphatic rings. The van der Waals surface area contributed by atoms with Gasteiger partial charge in [-0.3, -0.25) is 4.79 Å². The quantitative estimate of drug-likeness (QED) is 0.872. The number of halogens is 1. The molecule has 1 amide bonds. The van der Waals surface area contributed by atoms with E-state index in [1.807, 2.05) is 18.7 Å². The lowest BCUT2D eigenvalue weighted by molar-refractivity contribution is 0.0944. The lowest BCUT2D eigenvalue weighted by Gasteiger charge is -2.10. The molecule has 0 fully saturated rings. The summed E-state index contributed by atoms with van der Waals surface area (Å²) in [6.45, 7) is 4.70. The van der Waals surface area contributed by atoms with Crippen LogP contribution in [0.15, 0.2) is 24.3 Å². The molecule has 2 N–H and O–H groups in total. The molecule has 1 unspecified atom stereocenters. The smallest absolute Gasteiger partial charge is 0.272 e. The van der Waals surface area contributed by atoms with Crippen LogP contribution in [0.1, 0.15) is 40.7 Å². The van der Waals surface area contributed by atoms with Crippen molar-refractivity contribution in [3.05, 3.63) is 46.8 Å². The average Bonchev–Trinajstić information content (AvgIpc) is 3.15. The number of aryl methyl sites for hydroxylation is 1. The maximum Gasteiger partial charge on any atom is 0.272 e. The first-order chi connectivity index (χ1) is 11.1. The monoisotopic (exact) mass is 348 g/mol. The molecule has 0 saturated heterocycles. The number of fused-ring (bicyclic) bond motifs is 1. The van der Waals surface area contributed by atoms with Crippen molar-refractivity contribution in [2.45, 2.75) is 39.2 Å². The van der Waals surface area contributed by atoms with Crippen molar-refractivity contribution >= 4 is 18.3 Å². The summed E-state index contributed by atoms with van der Waals surface area (Å²) < 4.78 is 1.94. The average molecular weight is 349 g/mol. The fourth-order valence-electron chi connectivity index (χ4n) is 2.95. The molecule has 0 aliphatic heterocycles. The van der Waals surface area contributed by atoms with Crippen molar-refractivity contribution in [3.63, 3.8) is 0 Å². The first-order valence-electron chi connectivity index (χ1n) is 8.23. The highest BCUT2D eigenvalue weighted by atomic mass is 35.5. The molecule has 130 valence electrons. The van der Waals surface area contributed by atoms with E-state index in [1.54, 1.807) is 0 Å². The molecule has 1 aromatic carbocycles. The van der Waals surface area contributed by atoms with Gasteiger partial charge in [0.2, 0.25) is 0 Å². The zero-order chi connectivity index (χ0) is 16.4. The lowest BCUT2D eigenvalue weighted by atomic mass is 10.2. The van der Waals surface area contributed by atoms with Crippen LogP contribution in [0, 0.1) is 6.92 Å². The van der Waals surface area contributed by atoms with Crippen LogP contribution < -0.4 is 10.6 Å². The summed E-state index contributed by atoms with van der Waals surface area (Å²) in [6.07, 6.45) is 3.01. The largest absolute Gasteiger partial charge is 0.349 e. The molecule has 2 aromatic rings. The highest BCUT2D eigenvalue weighted by Crippen LogP contribution is 2.27. The number of rotatable bonds is 5. The number of hydrogen-bond acceptors (Lipinski definition) is 3. The zero-order valence-electron chi connectivity index (χ0n) is 14.4. The highest BCUT2D eigenvalue weighted by molar-refractivity contribution is 5.94. The third kappa shape index (κ3) is 3.62. The molecule has 1 atom stereocenters. The minimum atomic E-state index is -0.0730. The number of benzene rings is 1. The summed E-state index contributed by atoms with van der Waals surface area (Å²) >= 11 is 0. The van der Waals surface area contributed by atoms with Gasteiger partial charge in [0, 0.05) is 23.8 Å². The number of hydrogen-bond donors (Lipinski definition) is 2. The summed E-state index contributed by atoms with van der Waals surface area (Å²) in [5.41, 5.74) is 5.12. The van der Waals surface area contributed by atoms with Crippen LogP contribution in [0.4, 0.5) is 0 Å². The Morgan fingerprint density at radius 1 is 1.29 bits per heavy atom. The maximum absolute atomic E-state index is 12.5. The molecular formula is C18H25ClN4O. The van der Waals surface area contributed by atoms with Gasteiger partial charge >= 0.3 is 0 Å². The molecule has 1 aliphatic carbocycles. The van der Waals surface area contributed by atoms with Gasteiger partial charge in [-0.2, -0.15) is 5.10 Å². The number of nitrogens with one attached hydrogen (secondary N) is 2. The zero-order valence-corrected chi connectivity index (χ0v) is 15.2. The summed E-state index contributed by atoms with van der Waals surface area (Å²) in [5, 5.41) is 10.7. The SMILES string of the molecule is CNC(C)CNC(=O)c1nn(-c2ccc(C)cc2)c2c1CCC2.Cl. The van der Waals surface area contributed by atoms with E-state index < -0.39 is 0 Å². The van der Waals surface area contributed by atoms with Crippen molar-refractivity contribution < 1.29 is 4.79 Å². The van der Waals surface area contributed by atoms with Crippen molar-refractivity contribution in [3.8, 4) is 5.69 Å². The molecule has 3 rings (SSSR count). The molecule has 5 nitrogen and oxygen atoms in total. The summed E-state index contributed by atoms with van der Waals surface area (Å²) in [7, 11) is 1.89. The number of carbonyl (C=O) groups excluding carboxylic acids is 1. The Balaban J connectivity index is 0.00000208. The van der Waals surface area contributed by atoms with E-state index in [2.05, 4.69) is 46.9 Å². The molecule has 0 spiro atoms. The summed E-state index contributed by atoms with van der Waals surface area (Å²) in [5.74, 6) is -0.0730. The van der Waals surface area contributed by atoms with Crippen LogP contribution in [-0.2, 0) is 12.8 Å². The minimum absolute atomic E-state index is 0. The van der Waals surface area contributed by atoms with Gasteiger partial charge in [-0.1, -0.05) is 17.7 Å². The Kier molecular flexibility index (Phi) is 6.02. The topological polar surface area (TPSA) is 58.9 Å². The van der Waals surface area contributed by atoms with Crippen LogP contribution in [0.5, 0.6) is 0 Å². The predicted molar refractivity (Wildman–Crippen MR) is 98.4 cm³/mol.